The summed E-state index contributed by atoms with van der Waals surface area (Å²) < 4.78 is 12.5. The fraction of sp³-hybridized carbons (Fsp3) is 0.273. The van der Waals surface area contributed by atoms with Gasteiger partial charge in [0.25, 0.3) is 0 Å². The van der Waals surface area contributed by atoms with Gasteiger partial charge in [-0.15, -0.1) is 0 Å². The van der Waals surface area contributed by atoms with E-state index in [-0.39, 0.29) is 6.42 Å². The van der Waals surface area contributed by atoms with Gasteiger partial charge in [0.05, 0.1) is 0 Å². The van der Waals surface area contributed by atoms with Gasteiger partial charge in [0.15, 0.2) is 5.82 Å². The van der Waals surface area contributed by atoms with E-state index in [2.05, 4.69) is 17.4 Å². The number of halogens is 1. The molecule has 0 aliphatic carbocycles. The Bertz CT molecular complexity index is 389. The van der Waals surface area contributed by atoms with Crippen molar-refractivity contribution in [2.24, 2.45) is 0 Å². The summed E-state index contributed by atoms with van der Waals surface area (Å²) in [4.78, 5) is 21.5. The number of amides is 1. The highest BCUT2D eigenvalue weighted by Gasteiger charge is 2.18. The lowest BCUT2D eigenvalue weighted by atomic mass is 10.1. The van der Waals surface area contributed by atoms with Crippen molar-refractivity contribution in [3.63, 3.8) is 0 Å². The van der Waals surface area contributed by atoms with E-state index in [0.29, 0.717) is 5.56 Å². The van der Waals surface area contributed by atoms with Gasteiger partial charge in [-0.25, -0.2) is 4.79 Å². The lowest BCUT2D eigenvalue weighted by Crippen LogP contribution is -2.41. The zero-order valence-electron chi connectivity index (χ0n) is 8.58. The third-order valence-electron chi connectivity index (χ3n) is 1.87. The minimum Gasteiger partial charge on any atom is -0.480 e. The number of carbonyl (C=O) groups excluding carboxylic acids is 1. The number of hydrogen-bond donors (Lipinski definition) is 2. The Morgan fingerprint density at radius 3 is 2.62 bits per heavy atom. The highest BCUT2D eigenvalue weighted by molar-refractivity contribution is 5.82. The first-order chi connectivity index (χ1) is 7.49. The predicted octanol–water partition coefficient (Wildman–Crippen LogP) is 0.558. The van der Waals surface area contributed by atoms with Gasteiger partial charge >= 0.3 is 5.97 Å². The third-order valence-corrected chi connectivity index (χ3v) is 1.87. The summed E-state index contributed by atoms with van der Waals surface area (Å²) in [7, 11) is 0. The van der Waals surface area contributed by atoms with Crippen LogP contribution in [0.3, 0.4) is 0 Å². The van der Waals surface area contributed by atoms with Crippen LogP contribution in [-0.2, 0) is 16.0 Å². The van der Waals surface area contributed by atoms with Gasteiger partial charge in [0, 0.05) is 18.9 Å². The van der Waals surface area contributed by atoms with Gasteiger partial charge in [-0.3, -0.25) is 4.79 Å². The fourth-order valence-electron chi connectivity index (χ4n) is 1.18. The first-order valence-electron chi connectivity index (χ1n) is 4.57. The van der Waals surface area contributed by atoms with E-state index in [1.807, 2.05) is 0 Å². The summed E-state index contributed by atoms with van der Waals surface area (Å²) in [6, 6.07) is 6.22. The molecule has 1 rings (SSSR count). The average Bonchev–Trinajstić information content (AvgIpc) is 2.19. The quantitative estimate of drug-likeness (QED) is 0.783. The Balaban J connectivity index is 2.71. The van der Waals surface area contributed by atoms with Crippen LogP contribution in [0.25, 0.3) is 0 Å². The van der Waals surface area contributed by atoms with Crippen molar-refractivity contribution >= 4 is 11.9 Å². The van der Waals surface area contributed by atoms with Crippen molar-refractivity contribution in [3.05, 3.63) is 35.6 Å². The van der Waals surface area contributed by atoms with Crippen LogP contribution >= 0.6 is 0 Å². The van der Waals surface area contributed by atoms with Crippen molar-refractivity contribution in [3.8, 4) is 0 Å². The summed E-state index contributed by atoms with van der Waals surface area (Å²) in [6.45, 7) is 1.23. The van der Waals surface area contributed by atoms with Crippen molar-refractivity contribution in [1.82, 2.24) is 5.32 Å². The van der Waals surface area contributed by atoms with Crippen LogP contribution < -0.4 is 5.32 Å². The lowest BCUT2D eigenvalue weighted by molar-refractivity contribution is -0.141. The number of aliphatic carboxylic acids is 1. The average molecular weight is 223 g/mol. The zero-order valence-corrected chi connectivity index (χ0v) is 8.58. The molecule has 4 nitrogen and oxygen atoms in total. The molecule has 5 heteroatoms. The third kappa shape index (κ3) is 3.58. The van der Waals surface area contributed by atoms with Crippen molar-refractivity contribution < 1.29 is 19.1 Å². The molecule has 0 heterocycles. The van der Waals surface area contributed by atoms with Crippen LogP contribution in [0, 0.1) is 17.9 Å². The second kappa shape index (κ2) is 5.12. The smallest absolute Gasteiger partial charge is 0.326 e. The molecule has 0 fully saturated rings. The molecule has 1 atom stereocenters. The van der Waals surface area contributed by atoms with E-state index in [1.165, 1.54) is 19.1 Å². The van der Waals surface area contributed by atoms with E-state index >= 15 is 0 Å². The number of carboxylic acid groups (broad SMARTS) is 1. The van der Waals surface area contributed by atoms with Crippen LogP contribution in [0.4, 0.5) is 4.39 Å². The van der Waals surface area contributed by atoms with Gasteiger partial charge in [0.2, 0.25) is 5.91 Å². The molecule has 1 amide bonds. The van der Waals surface area contributed by atoms with Crippen LogP contribution in [0.15, 0.2) is 12.1 Å². The summed E-state index contributed by atoms with van der Waals surface area (Å²) in [5.41, 5.74) is 0.475. The van der Waals surface area contributed by atoms with E-state index in [1.54, 1.807) is 0 Å². The fourth-order valence-corrected chi connectivity index (χ4v) is 1.18. The summed E-state index contributed by atoms with van der Waals surface area (Å²) in [5.74, 6) is -2.14. The second-order valence-electron chi connectivity index (χ2n) is 3.25. The first-order valence-corrected chi connectivity index (χ1v) is 4.57. The molecule has 0 radical (unpaired) electrons. The minimum atomic E-state index is -1.15. The molecular weight excluding hydrogens is 213 g/mol. The van der Waals surface area contributed by atoms with Crippen molar-refractivity contribution in [2.75, 3.05) is 0 Å². The topological polar surface area (TPSA) is 66.4 Å². The lowest BCUT2D eigenvalue weighted by Gasteiger charge is -2.11. The van der Waals surface area contributed by atoms with Gasteiger partial charge in [-0.1, -0.05) is 6.07 Å². The molecule has 1 aromatic carbocycles. The monoisotopic (exact) mass is 223 g/mol. The number of carbonyl (C=O) groups is 2. The highest BCUT2D eigenvalue weighted by Crippen LogP contribution is 2.02. The van der Waals surface area contributed by atoms with Gasteiger partial charge in [0.1, 0.15) is 6.04 Å². The number of rotatable bonds is 4. The molecule has 0 saturated heterocycles. The Morgan fingerprint density at radius 1 is 1.50 bits per heavy atom. The Labute approximate surface area is 92.1 Å². The van der Waals surface area contributed by atoms with Crippen molar-refractivity contribution in [1.29, 1.82) is 0 Å². The van der Waals surface area contributed by atoms with Crippen LogP contribution in [0.5, 0.6) is 0 Å². The van der Waals surface area contributed by atoms with Gasteiger partial charge in [-0.2, -0.15) is 4.39 Å². The van der Waals surface area contributed by atoms with E-state index in [9.17, 15) is 14.0 Å². The van der Waals surface area contributed by atoms with Gasteiger partial charge in [-0.05, 0) is 18.2 Å². The maximum absolute atomic E-state index is 12.5. The SMILES string of the molecule is CC(=O)NC(Cc1c#cc(F)cc1)C(=O)O. The molecule has 0 spiro atoms. The Kier molecular flexibility index (Phi) is 3.84. The molecule has 16 heavy (non-hydrogen) atoms. The molecule has 0 saturated carbocycles. The molecule has 0 aliphatic rings. The van der Waals surface area contributed by atoms with Crippen LogP contribution in [0.2, 0.25) is 0 Å². The molecule has 0 bridgehead atoms. The molecular formula is C11H10FNO3. The molecule has 0 aromatic heterocycles. The van der Waals surface area contributed by atoms with E-state index in [4.69, 9.17) is 5.11 Å². The van der Waals surface area contributed by atoms with Gasteiger partial charge < -0.3 is 10.4 Å². The normalized spacial score (nSPS) is 11.4. The summed E-state index contributed by atoms with van der Waals surface area (Å²) in [5, 5.41) is 11.1. The molecule has 84 valence electrons. The predicted molar refractivity (Wildman–Crippen MR) is 53.0 cm³/mol. The van der Waals surface area contributed by atoms with E-state index in [0.717, 1.165) is 0 Å². The maximum Gasteiger partial charge on any atom is 0.326 e. The largest absolute Gasteiger partial charge is 0.480 e. The van der Waals surface area contributed by atoms with E-state index < -0.39 is 23.7 Å². The van der Waals surface area contributed by atoms with Crippen molar-refractivity contribution in [2.45, 2.75) is 19.4 Å². The summed E-state index contributed by atoms with van der Waals surface area (Å²) in [6.07, 6.45) is 0.0473. The molecule has 1 aromatic rings. The Morgan fingerprint density at radius 2 is 2.19 bits per heavy atom. The molecule has 0 aliphatic heterocycles. The second-order valence-corrected chi connectivity index (χ2v) is 3.25. The minimum absolute atomic E-state index is 0.0473. The highest BCUT2D eigenvalue weighted by atomic mass is 19.1. The number of hydrogen-bond acceptors (Lipinski definition) is 2. The Hall–Kier alpha value is -2.09. The van der Waals surface area contributed by atoms with Crippen LogP contribution in [0.1, 0.15) is 12.5 Å². The maximum atomic E-state index is 12.5. The zero-order chi connectivity index (χ0) is 12.1. The molecule has 1 unspecified atom stereocenters. The first kappa shape index (κ1) is 12.0. The standard InChI is InChI=1S/C11H10FNO3/c1-7(14)13-10(11(15)16)6-8-2-4-9(12)5-3-8/h2,4,10H,6H2,1H3,(H,13,14)(H,15,16). The number of carboxylic acids is 1. The molecule has 2 N–H and O–H groups in total. The van der Waals surface area contributed by atoms with Crippen LogP contribution in [-0.4, -0.2) is 23.0 Å². The summed E-state index contributed by atoms with van der Waals surface area (Å²) >= 11 is 0. The number of nitrogens with one attached hydrogen (secondary N) is 1.